The van der Waals surface area contributed by atoms with E-state index in [1.807, 2.05) is 18.2 Å². The molecule has 16 heavy (non-hydrogen) atoms. The van der Waals surface area contributed by atoms with E-state index in [9.17, 15) is 4.91 Å². The molecule has 80 valence electrons. The van der Waals surface area contributed by atoms with Crippen molar-refractivity contribution in [1.29, 1.82) is 0 Å². The lowest BCUT2D eigenvalue weighted by atomic mass is 10.0. The van der Waals surface area contributed by atoms with E-state index in [0.717, 1.165) is 11.1 Å². The quantitative estimate of drug-likeness (QED) is 0.629. The first-order valence-corrected chi connectivity index (χ1v) is 5.07. The second-order valence-corrected chi connectivity index (χ2v) is 3.81. The lowest BCUT2D eigenvalue weighted by Gasteiger charge is -2.03. The zero-order valence-electron chi connectivity index (χ0n) is 8.35. The molecule has 0 atom stereocenters. The Hall–Kier alpha value is -1.87. The molecule has 0 aliphatic carbocycles. The van der Waals surface area contributed by atoms with Crippen molar-refractivity contribution in [1.82, 2.24) is 0 Å². The molecule has 0 amide bonds. The number of rotatable bonds is 2. The minimum absolute atomic E-state index is 0.257. The second kappa shape index (κ2) is 4.33. The Labute approximate surface area is 97.8 Å². The highest BCUT2D eigenvalue weighted by Gasteiger charge is 2.03. The Morgan fingerprint density at radius 1 is 1.00 bits per heavy atom. The molecule has 2 N–H and O–H groups in total. The van der Waals surface area contributed by atoms with Crippen LogP contribution in [0.15, 0.2) is 47.6 Å². The zero-order valence-corrected chi connectivity index (χ0v) is 9.11. The number of hydrogen-bond acceptors (Lipinski definition) is 3. The van der Waals surface area contributed by atoms with Crippen LogP contribution in [0.25, 0.3) is 11.1 Å². The van der Waals surface area contributed by atoms with Crippen LogP contribution in [0, 0.1) is 4.91 Å². The number of hydrogen-bond donors (Lipinski definition) is 1. The number of nitrogens with two attached hydrogens (primary N) is 1. The van der Waals surface area contributed by atoms with Crippen molar-refractivity contribution in [2.75, 3.05) is 5.73 Å². The third-order valence-corrected chi connectivity index (χ3v) is 2.56. The van der Waals surface area contributed by atoms with Gasteiger partial charge in [-0.25, -0.2) is 0 Å². The van der Waals surface area contributed by atoms with Gasteiger partial charge in [-0.1, -0.05) is 29.8 Å². The second-order valence-electron chi connectivity index (χ2n) is 3.37. The fourth-order valence-electron chi connectivity index (χ4n) is 1.44. The van der Waals surface area contributed by atoms with Gasteiger partial charge >= 0.3 is 0 Å². The van der Waals surface area contributed by atoms with Crippen molar-refractivity contribution in [3.05, 3.63) is 52.4 Å². The SMILES string of the molecule is Nc1ccc(-c2ccc(Cl)cc2)cc1N=O. The zero-order chi connectivity index (χ0) is 11.5. The molecule has 0 bridgehead atoms. The molecule has 4 heteroatoms. The maximum atomic E-state index is 10.5. The van der Waals surface area contributed by atoms with Crippen molar-refractivity contribution >= 4 is 23.0 Å². The van der Waals surface area contributed by atoms with E-state index in [1.165, 1.54) is 0 Å². The molecule has 0 heterocycles. The van der Waals surface area contributed by atoms with Gasteiger partial charge in [0.25, 0.3) is 0 Å². The van der Waals surface area contributed by atoms with Crippen LogP contribution in [0.5, 0.6) is 0 Å². The summed E-state index contributed by atoms with van der Waals surface area (Å²) in [6.45, 7) is 0. The molecule has 0 aromatic heterocycles. The van der Waals surface area contributed by atoms with Crippen molar-refractivity contribution < 1.29 is 0 Å². The fraction of sp³-hybridized carbons (Fsp3) is 0. The van der Waals surface area contributed by atoms with Gasteiger partial charge in [0.15, 0.2) is 0 Å². The van der Waals surface area contributed by atoms with Gasteiger partial charge in [0.2, 0.25) is 0 Å². The largest absolute Gasteiger partial charge is 0.397 e. The molecule has 0 spiro atoms. The van der Waals surface area contributed by atoms with Crippen LogP contribution in [0.1, 0.15) is 0 Å². The molecule has 0 aliphatic rings. The summed E-state index contributed by atoms with van der Waals surface area (Å²) in [6.07, 6.45) is 0. The third-order valence-electron chi connectivity index (χ3n) is 2.31. The first kappa shape index (κ1) is 10.6. The average Bonchev–Trinajstić information content (AvgIpc) is 2.31. The Kier molecular flexibility index (Phi) is 2.88. The fourth-order valence-corrected chi connectivity index (χ4v) is 1.57. The Bertz CT molecular complexity index is 523. The van der Waals surface area contributed by atoms with Crippen LogP contribution in [-0.4, -0.2) is 0 Å². The van der Waals surface area contributed by atoms with E-state index in [-0.39, 0.29) is 5.69 Å². The molecule has 2 rings (SSSR count). The van der Waals surface area contributed by atoms with Crippen molar-refractivity contribution in [2.24, 2.45) is 5.18 Å². The molecule has 0 saturated heterocycles. The summed E-state index contributed by atoms with van der Waals surface area (Å²) in [5.41, 5.74) is 8.08. The first-order chi connectivity index (χ1) is 7.70. The lowest BCUT2D eigenvalue weighted by molar-refractivity contribution is 1.49. The van der Waals surface area contributed by atoms with Crippen LogP contribution in [0.4, 0.5) is 11.4 Å². The predicted octanol–water partition coefficient (Wildman–Crippen LogP) is 3.99. The van der Waals surface area contributed by atoms with Crippen molar-refractivity contribution in [2.45, 2.75) is 0 Å². The molecule has 0 unspecified atom stereocenters. The minimum Gasteiger partial charge on any atom is -0.397 e. The molecule has 0 saturated carbocycles. The number of nitroso groups, excluding NO2 is 1. The number of benzene rings is 2. The molecular formula is C12H9ClN2O. The normalized spacial score (nSPS) is 10.1. The number of halogens is 1. The highest BCUT2D eigenvalue weighted by molar-refractivity contribution is 6.30. The molecule has 0 fully saturated rings. The predicted molar refractivity (Wildman–Crippen MR) is 66.8 cm³/mol. The standard InChI is InChI=1S/C12H9ClN2O/c13-10-4-1-8(2-5-10)9-3-6-11(14)12(7-9)15-16/h1-7H,14H2. The summed E-state index contributed by atoms with van der Waals surface area (Å²) in [5, 5.41) is 3.55. The molecule has 2 aromatic carbocycles. The Balaban J connectivity index is 2.48. The van der Waals surface area contributed by atoms with E-state index < -0.39 is 0 Å². The Morgan fingerprint density at radius 3 is 2.25 bits per heavy atom. The molecule has 2 aromatic rings. The van der Waals surface area contributed by atoms with E-state index in [2.05, 4.69) is 5.18 Å². The first-order valence-electron chi connectivity index (χ1n) is 4.69. The van der Waals surface area contributed by atoms with Crippen LogP contribution in [0.2, 0.25) is 5.02 Å². The molecular weight excluding hydrogens is 224 g/mol. The summed E-state index contributed by atoms with van der Waals surface area (Å²) in [5.74, 6) is 0. The van der Waals surface area contributed by atoms with Gasteiger partial charge in [-0.15, -0.1) is 4.91 Å². The Morgan fingerprint density at radius 2 is 1.62 bits per heavy atom. The van der Waals surface area contributed by atoms with Crippen molar-refractivity contribution in [3.63, 3.8) is 0 Å². The van der Waals surface area contributed by atoms with E-state index in [0.29, 0.717) is 10.7 Å². The van der Waals surface area contributed by atoms with Gasteiger partial charge in [0.1, 0.15) is 5.69 Å². The van der Waals surface area contributed by atoms with Gasteiger partial charge in [-0.3, -0.25) is 0 Å². The number of nitrogens with zero attached hydrogens (tertiary/aromatic N) is 1. The van der Waals surface area contributed by atoms with E-state index in [1.54, 1.807) is 24.3 Å². The van der Waals surface area contributed by atoms with Crippen molar-refractivity contribution in [3.8, 4) is 11.1 Å². The van der Waals surface area contributed by atoms with E-state index in [4.69, 9.17) is 17.3 Å². The maximum absolute atomic E-state index is 10.5. The third kappa shape index (κ3) is 2.04. The summed E-state index contributed by atoms with van der Waals surface area (Å²) in [7, 11) is 0. The number of anilines is 1. The summed E-state index contributed by atoms with van der Waals surface area (Å²) < 4.78 is 0. The molecule has 0 radical (unpaired) electrons. The minimum atomic E-state index is 0.257. The van der Waals surface area contributed by atoms with Crippen LogP contribution in [-0.2, 0) is 0 Å². The van der Waals surface area contributed by atoms with Gasteiger partial charge in [-0.05, 0) is 40.6 Å². The number of nitrogen functional groups attached to an aromatic ring is 1. The van der Waals surface area contributed by atoms with E-state index >= 15 is 0 Å². The summed E-state index contributed by atoms with van der Waals surface area (Å²) in [4.78, 5) is 10.5. The summed E-state index contributed by atoms with van der Waals surface area (Å²) in [6, 6.07) is 12.5. The van der Waals surface area contributed by atoms with Gasteiger partial charge in [-0.2, -0.15) is 0 Å². The maximum Gasteiger partial charge on any atom is 0.131 e. The lowest BCUT2D eigenvalue weighted by Crippen LogP contribution is -1.85. The topological polar surface area (TPSA) is 55.4 Å². The van der Waals surface area contributed by atoms with Crippen LogP contribution >= 0.6 is 11.6 Å². The molecule has 3 nitrogen and oxygen atoms in total. The molecule has 0 aliphatic heterocycles. The highest BCUT2D eigenvalue weighted by atomic mass is 35.5. The average molecular weight is 233 g/mol. The van der Waals surface area contributed by atoms with Crippen LogP contribution in [0.3, 0.4) is 0 Å². The van der Waals surface area contributed by atoms with Gasteiger partial charge in [0, 0.05) is 5.02 Å². The van der Waals surface area contributed by atoms with Gasteiger partial charge < -0.3 is 5.73 Å². The smallest absolute Gasteiger partial charge is 0.131 e. The van der Waals surface area contributed by atoms with Crippen LogP contribution < -0.4 is 5.73 Å². The van der Waals surface area contributed by atoms with Gasteiger partial charge in [0.05, 0.1) is 5.69 Å². The highest BCUT2D eigenvalue weighted by Crippen LogP contribution is 2.29. The monoisotopic (exact) mass is 232 g/mol. The summed E-state index contributed by atoms with van der Waals surface area (Å²) >= 11 is 5.79.